The number of rotatable bonds is 9. The van der Waals surface area contributed by atoms with E-state index >= 15 is 0 Å². The van der Waals surface area contributed by atoms with Crippen molar-refractivity contribution in [2.24, 2.45) is 5.92 Å². The highest BCUT2D eigenvalue weighted by Gasteiger charge is 2.00. The molecule has 1 atom stereocenters. The summed E-state index contributed by atoms with van der Waals surface area (Å²) in [5.74, 6) is 0.856. The molecule has 0 aromatic heterocycles. The Labute approximate surface area is 96.3 Å². The van der Waals surface area contributed by atoms with Crippen molar-refractivity contribution in [3.8, 4) is 0 Å². The Bertz CT molecular complexity index is 161. The van der Waals surface area contributed by atoms with Crippen molar-refractivity contribution in [2.45, 2.75) is 59.8 Å². The Kier molecular flexibility index (Phi) is 10.0. The van der Waals surface area contributed by atoms with E-state index in [1.807, 2.05) is 0 Å². The Balaban J connectivity index is 3.51. The average Bonchev–Trinajstić information content (AvgIpc) is 2.17. The molecule has 15 heavy (non-hydrogen) atoms. The van der Waals surface area contributed by atoms with Crippen LogP contribution >= 0.6 is 0 Å². The summed E-state index contributed by atoms with van der Waals surface area (Å²) in [4.78, 5) is 0. The summed E-state index contributed by atoms with van der Waals surface area (Å²) in [5.41, 5.74) is 1.56. The smallest absolute Gasteiger partial charge is 0.00142 e. The van der Waals surface area contributed by atoms with Crippen LogP contribution in [0.5, 0.6) is 0 Å². The van der Waals surface area contributed by atoms with E-state index in [4.69, 9.17) is 0 Å². The Morgan fingerprint density at radius 3 is 2.53 bits per heavy atom. The molecule has 0 aliphatic heterocycles. The van der Waals surface area contributed by atoms with Crippen molar-refractivity contribution in [3.63, 3.8) is 0 Å². The van der Waals surface area contributed by atoms with Crippen LogP contribution in [0, 0.1) is 5.92 Å². The highest BCUT2D eigenvalue weighted by Crippen LogP contribution is 2.15. The molecule has 0 rings (SSSR count). The molecule has 0 heterocycles. The maximum atomic E-state index is 3.42. The second kappa shape index (κ2) is 10.2. The van der Waals surface area contributed by atoms with Gasteiger partial charge in [0, 0.05) is 0 Å². The molecule has 0 aromatic carbocycles. The fourth-order valence-corrected chi connectivity index (χ4v) is 1.95. The molecular weight excluding hydrogens is 182 g/mol. The quantitative estimate of drug-likeness (QED) is 0.446. The molecule has 1 unspecified atom stereocenters. The number of hydrogen-bond donors (Lipinski definition) is 1. The summed E-state index contributed by atoms with van der Waals surface area (Å²) in [6.07, 6.45) is 8.77. The van der Waals surface area contributed by atoms with Gasteiger partial charge in [-0.2, -0.15) is 0 Å². The third-order valence-electron chi connectivity index (χ3n) is 2.69. The van der Waals surface area contributed by atoms with Crippen LogP contribution in [0.15, 0.2) is 11.6 Å². The van der Waals surface area contributed by atoms with Gasteiger partial charge in [0.25, 0.3) is 0 Å². The van der Waals surface area contributed by atoms with Crippen LogP contribution in [-0.4, -0.2) is 13.1 Å². The molecule has 0 amide bonds. The molecule has 0 spiro atoms. The van der Waals surface area contributed by atoms with Gasteiger partial charge in [0.1, 0.15) is 0 Å². The first-order valence-corrected chi connectivity index (χ1v) is 6.57. The topological polar surface area (TPSA) is 12.0 Å². The first kappa shape index (κ1) is 14.7. The third kappa shape index (κ3) is 9.99. The maximum Gasteiger partial charge on any atom is -0.00142 e. The highest BCUT2D eigenvalue weighted by molar-refractivity contribution is 4.99. The monoisotopic (exact) mass is 211 g/mol. The standard InChI is InChI=1S/C14H29N/c1-5-8-13(3)12-14(4)9-7-11-15-10-6-2/h9,13,15H,5-8,10-12H2,1-4H3. The zero-order valence-electron chi connectivity index (χ0n) is 11.1. The first-order valence-electron chi connectivity index (χ1n) is 6.57. The summed E-state index contributed by atoms with van der Waals surface area (Å²) in [5, 5.41) is 3.42. The molecule has 0 saturated heterocycles. The lowest BCUT2D eigenvalue weighted by Gasteiger charge is -2.10. The molecule has 1 nitrogen and oxygen atoms in total. The molecule has 1 heteroatoms. The van der Waals surface area contributed by atoms with Gasteiger partial charge in [0.05, 0.1) is 0 Å². The number of allylic oxidation sites excluding steroid dienone is 1. The van der Waals surface area contributed by atoms with Crippen LogP contribution in [0.2, 0.25) is 0 Å². The molecule has 0 radical (unpaired) electrons. The van der Waals surface area contributed by atoms with Gasteiger partial charge in [-0.1, -0.05) is 45.3 Å². The van der Waals surface area contributed by atoms with E-state index in [-0.39, 0.29) is 0 Å². The van der Waals surface area contributed by atoms with E-state index in [1.165, 1.54) is 32.1 Å². The lowest BCUT2D eigenvalue weighted by Crippen LogP contribution is -2.15. The average molecular weight is 211 g/mol. The zero-order valence-corrected chi connectivity index (χ0v) is 11.1. The zero-order chi connectivity index (χ0) is 11.5. The second-order valence-corrected chi connectivity index (χ2v) is 4.69. The van der Waals surface area contributed by atoms with Crippen LogP contribution in [0.1, 0.15) is 59.8 Å². The molecule has 0 bridgehead atoms. The van der Waals surface area contributed by atoms with Crippen molar-refractivity contribution in [1.82, 2.24) is 5.32 Å². The highest BCUT2D eigenvalue weighted by atomic mass is 14.8. The van der Waals surface area contributed by atoms with E-state index in [0.29, 0.717) is 0 Å². The largest absolute Gasteiger partial charge is 0.316 e. The molecule has 0 aliphatic carbocycles. The predicted molar refractivity (Wildman–Crippen MR) is 70.2 cm³/mol. The summed E-state index contributed by atoms with van der Waals surface area (Å²) in [6, 6.07) is 0. The fourth-order valence-electron chi connectivity index (χ4n) is 1.95. The summed E-state index contributed by atoms with van der Waals surface area (Å²) in [7, 11) is 0. The Morgan fingerprint density at radius 1 is 1.20 bits per heavy atom. The van der Waals surface area contributed by atoms with Crippen LogP contribution in [0.4, 0.5) is 0 Å². The van der Waals surface area contributed by atoms with E-state index in [0.717, 1.165) is 19.0 Å². The SMILES string of the molecule is CCCNCCC=C(C)CC(C)CCC. The van der Waals surface area contributed by atoms with Gasteiger partial charge in [-0.05, 0) is 45.2 Å². The Hall–Kier alpha value is -0.300. The van der Waals surface area contributed by atoms with Crippen molar-refractivity contribution in [3.05, 3.63) is 11.6 Å². The van der Waals surface area contributed by atoms with E-state index < -0.39 is 0 Å². The van der Waals surface area contributed by atoms with Crippen LogP contribution in [0.3, 0.4) is 0 Å². The Morgan fingerprint density at radius 2 is 1.93 bits per heavy atom. The van der Waals surface area contributed by atoms with Crippen molar-refractivity contribution < 1.29 is 0 Å². The minimum absolute atomic E-state index is 0.856. The van der Waals surface area contributed by atoms with Crippen LogP contribution < -0.4 is 5.32 Å². The van der Waals surface area contributed by atoms with Gasteiger partial charge in [-0.25, -0.2) is 0 Å². The molecule has 0 aliphatic rings. The van der Waals surface area contributed by atoms with Gasteiger partial charge in [0.2, 0.25) is 0 Å². The van der Waals surface area contributed by atoms with Gasteiger partial charge >= 0.3 is 0 Å². The van der Waals surface area contributed by atoms with E-state index in [2.05, 4.69) is 39.1 Å². The van der Waals surface area contributed by atoms with Gasteiger partial charge < -0.3 is 5.32 Å². The molecule has 0 saturated carbocycles. The normalized spacial score (nSPS) is 14.3. The number of nitrogens with one attached hydrogen (secondary N) is 1. The molecule has 90 valence electrons. The van der Waals surface area contributed by atoms with Gasteiger partial charge in [-0.3, -0.25) is 0 Å². The molecule has 0 fully saturated rings. The van der Waals surface area contributed by atoms with Crippen molar-refractivity contribution in [1.29, 1.82) is 0 Å². The fraction of sp³-hybridized carbons (Fsp3) is 0.857. The lowest BCUT2D eigenvalue weighted by molar-refractivity contribution is 0.519. The first-order chi connectivity index (χ1) is 7.20. The molecule has 1 N–H and O–H groups in total. The minimum atomic E-state index is 0.856. The minimum Gasteiger partial charge on any atom is -0.316 e. The summed E-state index contributed by atoms with van der Waals surface area (Å²) < 4.78 is 0. The second-order valence-electron chi connectivity index (χ2n) is 4.69. The summed E-state index contributed by atoms with van der Waals surface area (Å²) >= 11 is 0. The van der Waals surface area contributed by atoms with E-state index in [9.17, 15) is 0 Å². The van der Waals surface area contributed by atoms with Crippen LogP contribution in [-0.2, 0) is 0 Å². The molecule has 0 aromatic rings. The van der Waals surface area contributed by atoms with Crippen molar-refractivity contribution in [2.75, 3.05) is 13.1 Å². The lowest BCUT2D eigenvalue weighted by atomic mass is 9.97. The maximum absolute atomic E-state index is 3.42. The van der Waals surface area contributed by atoms with Crippen LogP contribution in [0.25, 0.3) is 0 Å². The van der Waals surface area contributed by atoms with Crippen molar-refractivity contribution >= 4 is 0 Å². The predicted octanol–water partition coefficient (Wildman–Crippen LogP) is 4.15. The third-order valence-corrected chi connectivity index (χ3v) is 2.69. The number of hydrogen-bond acceptors (Lipinski definition) is 1. The molecular formula is C14H29N. The van der Waals surface area contributed by atoms with Gasteiger partial charge in [-0.15, -0.1) is 0 Å². The summed E-state index contributed by atoms with van der Waals surface area (Å²) in [6.45, 7) is 11.4. The van der Waals surface area contributed by atoms with E-state index in [1.54, 1.807) is 5.57 Å². The van der Waals surface area contributed by atoms with Gasteiger partial charge in [0.15, 0.2) is 0 Å².